The third-order valence-corrected chi connectivity index (χ3v) is 3.65. The maximum absolute atomic E-state index is 13.6. The van der Waals surface area contributed by atoms with Crippen LogP contribution in [0.3, 0.4) is 0 Å². The van der Waals surface area contributed by atoms with Gasteiger partial charge in [0.15, 0.2) is 0 Å². The molecule has 1 saturated carbocycles. The average molecular weight is 216 g/mol. The fourth-order valence-electron chi connectivity index (χ4n) is 2.49. The zero-order chi connectivity index (χ0) is 11.2. The van der Waals surface area contributed by atoms with E-state index in [0.717, 1.165) is 13.1 Å². The lowest BCUT2D eigenvalue weighted by atomic mass is 9.96. The molecule has 1 spiro atoms. The van der Waals surface area contributed by atoms with Gasteiger partial charge < -0.3 is 0 Å². The SMILES string of the molecule is N#Cc1ccc(CN2CC3(CC3)C2)c(F)c1. The molecular formula is C13H13FN2. The van der Waals surface area contributed by atoms with Crippen LogP contribution >= 0.6 is 0 Å². The monoisotopic (exact) mass is 216 g/mol. The summed E-state index contributed by atoms with van der Waals surface area (Å²) in [6, 6.07) is 6.68. The number of rotatable bonds is 2. The fourth-order valence-corrected chi connectivity index (χ4v) is 2.49. The van der Waals surface area contributed by atoms with Crippen LogP contribution in [-0.2, 0) is 6.54 Å². The van der Waals surface area contributed by atoms with Gasteiger partial charge in [-0.15, -0.1) is 0 Å². The van der Waals surface area contributed by atoms with Gasteiger partial charge in [0.1, 0.15) is 5.82 Å². The summed E-state index contributed by atoms with van der Waals surface area (Å²) < 4.78 is 13.6. The number of benzene rings is 1. The Balaban J connectivity index is 1.68. The van der Waals surface area contributed by atoms with E-state index >= 15 is 0 Å². The molecular weight excluding hydrogens is 203 g/mol. The molecule has 1 aromatic carbocycles. The Kier molecular flexibility index (Phi) is 2.02. The van der Waals surface area contributed by atoms with Gasteiger partial charge in [-0.3, -0.25) is 4.90 Å². The summed E-state index contributed by atoms with van der Waals surface area (Å²) in [5, 5.41) is 8.64. The first-order chi connectivity index (χ1) is 7.71. The molecule has 0 radical (unpaired) electrons. The van der Waals surface area contributed by atoms with Crippen molar-refractivity contribution in [3.8, 4) is 6.07 Å². The average Bonchev–Trinajstić information content (AvgIpc) is 3.00. The molecule has 16 heavy (non-hydrogen) atoms. The molecule has 1 aliphatic carbocycles. The van der Waals surface area contributed by atoms with Crippen molar-refractivity contribution in [1.82, 2.24) is 4.90 Å². The smallest absolute Gasteiger partial charge is 0.129 e. The van der Waals surface area contributed by atoms with Crippen molar-refractivity contribution in [3.05, 3.63) is 35.1 Å². The van der Waals surface area contributed by atoms with Crippen LogP contribution in [0.1, 0.15) is 24.0 Å². The Bertz CT molecular complexity index is 463. The van der Waals surface area contributed by atoms with E-state index in [1.54, 1.807) is 12.1 Å². The van der Waals surface area contributed by atoms with Crippen LogP contribution in [0, 0.1) is 22.6 Å². The van der Waals surface area contributed by atoms with Gasteiger partial charge in [-0.2, -0.15) is 5.26 Å². The van der Waals surface area contributed by atoms with E-state index < -0.39 is 0 Å². The highest BCUT2D eigenvalue weighted by atomic mass is 19.1. The van der Waals surface area contributed by atoms with Gasteiger partial charge in [0, 0.05) is 25.2 Å². The van der Waals surface area contributed by atoms with E-state index in [1.165, 1.54) is 18.9 Å². The zero-order valence-electron chi connectivity index (χ0n) is 9.04. The molecule has 1 aliphatic heterocycles. The lowest BCUT2D eigenvalue weighted by Crippen LogP contribution is -2.47. The highest BCUT2D eigenvalue weighted by Gasteiger charge is 2.51. The normalized spacial score (nSPS) is 21.5. The number of hydrogen-bond acceptors (Lipinski definition) is 2. The van der Waals surface area contributed by atoms with Crippen LogP contribution in [-0.4, -0.2) is 18.0 Å². The number of likely N-dealkylation sites (tertiary alicyclic amines) is 1. The second kappa shape index (κ2) is 3.29. The van der Waals surface area contributed by atoms with Crippen LogP contribution in [0.25, 0.3) is 0 Å². The predicted octanol–water partition coefficient (Wildman–Crippen LogP) is 2.29. The van der Waals surface area contributed by atoms with E-state index in [-0.39, 0.29) is 5.82 Å². The van der Waals surface area contributed by atoms with Crippen molar-refractivity contribution >= 4 is 0 Å². The second-order valence-corrected chi connectivity index (χ2v) is 5.06. The highest BCUT2D eigenvalue weighted by Crippen LogP contribution is 2.53. The molecule has 0 bridgehead atoms. The molecule has 0 N–H and O–H groups in total. The van der Waals surface area contributed by atoms with Gasteiger partial charge >= 0.3 is 0 Å². The van der Waals surface area contributed by atoms with Crippen LogP contribution in [0.4, 0.5) is 4.39 Å². The van der Waals surface area contributed by atoms with Crippen LogP contribution in [0.2, 0.25) is 0 Å². The van der Waals surface area contributed by atoms with Crippen LogP contribution in [0.15, 0.2) is 18.2 Å². The topological polar surface area (TPSA) is 27.0 Å². The molecule has 82 valence electrons. The Morgan fingerprint density at radius 1 is 1.38 bits per heavy atom. The molecule has 1 aromatic rings. The summed E-state index contributed by atoms with van der Waals surface area (Å²) in [6.45, 7) is 2.91. The molecule has 2 nitrogen and oxygen atoms in total. The first-order valence-corrected chi connectivity index (χ1v) is 5.62. The van der Waals surface area contributed by atoms with Gasteiger partial charge in [0.25, 0.3) is 0 Å². The lowest BCUT2D eigenvalue weighted by molar-refractivity contribution is 0.0727. The molecule has 1 saturated heterocycles. The van der Waals surface area contributed by atoms with Gasteiger partial charge in [-0.05, 0) is 30.4 Å². The molecule has 1 heterocycles. The first kappa shape index (κ1) is 9.80. The van der Waals surface area contributed by atoms with E-state index in [2.05, 4.69) is 4.90 Å². The van der Waals surface area contributed by atoms with Crippen molar-refractivity contribution in [2.45, 2.75) is 19.4 Å². The van der Waals surface area contributed by atoms with Crippen molar-refractivity contribution in [2.24, 2.45) is 5.41 Å². The minimum Gasteiger partial charge on any atom is -0.298 e. The van der Waals surface area contributed by atoms with Crippen LogP contribution in [0.5, 0.6) is 0 Å². The Hall–Kier alpha value is -1.40. The van der Waals surface area contributed by atoms with Gasteiger partial charge in [0.2, 0.25) is 0 Å². The van der Waals surface area contributed by atoms with E-state index in [9.17, 15) is 4.39 Å². The summed E-state index contributed by atoms with van der Waals surface area (Å²) in [4.78, 5) is 2.28. The molecule has 0 aromatic heterocycles. The quantitative estimate of drug-likeness (QED) is 0.758. The van der Waals surface area contributed by atoms with Crippen molar-refractivity contribution in [1.29, 1.82) is 5.26 Å². The molecule has 0 amide bonds. The highest BCUT2D eigenvalue weighted by molar-refractivity contribution is 5.33. The fraction of sp³-hybridized carbons (Fsp3) is 0.462. The van der Waals surface area contributed by atoms with Crippen molar-refractivity contribution in [3.63, 3.8) is 0 Å². The maximum Gasteiger partial charge on any atom is 0.129 e. The number of nitrogens with zero attached hydrogens (tertiary/aromatic N) is 2. The van der Waals surface area contributed by atoms with Gasteiger partial charge in [-0.1, -0.05) is 6.07 Å². The minimum atomic E-state index is -0.254. The minimum absolute atomic E-state index is 0.254. The van der Waals surface area contributed by atoms with E-state index in [0.29, 0.717) is 23.1 Å². The van der Waals surface area contributed by atoms with E-state index in [4.69, 9.17) is 5.26 Å². The van der Waals surface area contributed by atoms with E-state index in [1.807, 2.05) is 6.07 Å². The van der Waals surface area contributed by atoms with Crippen LogP contribution < -0.4 is 0 Å². The summed E-state index contributed by atoms with van der Waals surface area (Å²) in [6.07, 6.45) is 2.69. The summed E-state index contributed by atoms with van der Waals surface area (Å²) in [5.74, 6) is -0.254. The zero-order valence-corrected chi connectivity index (χ0v) is 9.04. The predicted molar refractivity (Wildman–Crippen MR) is 58.1 cm³/mol. The maximum atomic E-state index is 13.6. The van der Waals surface area contributed by atoms with Crippen molar-refractivity contribution in [2.75, 3.05) is 13.1 Å². The van der Waals surface area contributed by atoms with Gasteiger partial charge in [-0.25, -0.2) is 4.39 Å². The molecule has 3 rings (SSSR count). The third-order valence-electron chi connectivity index (χ3n) is 3.65. The molecule has 3 heteroatoms. The molecule has 2 fully saturated rings. The second-order valence-electron chi connectivity index (χ2n) is 5.06. The molecule has 0 unspecified atom stereocenters. The largest absolute Gasteiger partial charge is 0.298 e. The summed E-state index contributed by atoms with van der Waals surface area (Å²) in [7, 11) is 0. The third kappa shape index (κ3) is 1.60. The molecule has 0 atom stereocenters. The Morgan fingerprint density at radius 2 is 2.12 bits per heavy atom. The lowest BCUT2D eigenvalue weighted by Gasteiger charge is -2.40. The van der Waals surface area contributed by atoms with Crippen molar-refractivity contribution < 1.29 is 4.39 Å². The first-order valence-electron chi connectivity index (χ1n) is 5.62. The standard InChI is InChI=1S/C13H13FN2/c14-12-5-10(6-15)1-2-11(12)7-16-8-13(9-16)3-4-13/h1-2,5H,3-4,7-9H2. The Morgan fingerprint density at radius 3 is 2.69 bits per heavy atom. The number of nitriles is 1. The number of halogens is 1. The number of hydrogen-bond donors (Lipinski definition) is 0. The summed E-state index contributed by atoms with van der Waals surface area (Å²) in [5.41, 5.74) is 1.71. The molecule has 2 aliphatic rings. The summed E-state index contributed by atoms with van der Waals surface area (Å²) >= 11 is 0. The van der Waals surface area contributed by atoms with Gasteiger partial charge in [0.05, 0.1) is 11.6 Å². The Labute approximate surface area is 94.3 Å².